The number of amides is 1. The van der Waals surface area contributed by atoms with Crippen molar-refractivity contribution in [2.75, 3.05) is 6.54 Å². The second-order valence-corrected chi connectivity index (χ2v) is 5.21. The van der Waals surface area contributed by atoms with Crippen molar-refractivity contribution in [3.05, 3.63) is 30.1 Å². The van der Waals surface area contributed by atoms with Crippen LogP contribution >= 0.6 is 0 Å². The Morgan fingerprint density at radius 1 is 1.47 bits per heavy atom. The van der Waals surface area contributed by atoms with E-state index < -0.39 is 0 Å². The van der Waals surface area contributed by atoms with Gasteiger partial charge in [0, 0.05) is 12.2 Å². The van der Waals surface area contributed by atoms with E-state index >= 15 is 0 Å². The molecule has 5 heteroatoms. The molecule has 3 atom stereocenters. The first kappa shape index (κ1) is 14.0. The predicted octanol–water partition coefficient (Wildman–Crippen LogP) is 0.810. The van der Waals surface area contributed by atoms with Gasteiger partial charge < -0.3 is 11.5 Å². The lowest BCUT2D eigenvalue weighted by Gasteiger charge is -2.41. The van der Waals surface area contributed by atoms with Gasteiger partial charge in [0.2, 0.25) is 5.91 Å². The largest absolute Gasteiger partial charge is 0.368 e. The summed E-state index contributed by atoms with van der Waals surface area (Å²) in [5.41, 5.74) is 12.6. The van der Waals surface area contributed by atoms with E-state index in [0.29, 0.717) is 0 Å². The topological polar surface area (TPSA) is 85.2 Å². The molecule has 0 aromatic carbocycles. The molecule has 0 saturated carbocycles. The number of primary amides is 1. The van der Waals surface area contributed by atoms with Gasteiger partial charge in [-0.1, -0.05) is 12.5 Å². The van der Waals surface area contributed by atoms with Gasteiger partial charge >= 0.3 is 0 Å². The van der Waals surface area contributed by atoms with Gasteiger partial charge in [-0.2, -0.15) is 0 Å². The lowest BCUT2D eigenvalue weighted by molar-refractivity contribution is -0.125. The number of nitrogens with zero attached hydrogens (tertiary/aromatic N) is 2. The molecule has 2 heterocycles. The normalized spacial score (nSPS) is 23.8. The number of likely N-dealkylation sites (tertiary alicyclic amines) is 1. The Balaban J connectivity index is 2.30. The third kappa shape index (κ3) is 3.11. The third-order valence-corrected chi connectivity index (χ3v) is 3.72. The minimum absolute atomic E-state index is 0.0565. The number of piperidine rings is 1. The van der Waals surface area contributed by atoms with Gasteiger partial charge in [-0.3, -0.25) is 14.7 Å². The summed E-state index contributed by atoms with van der Waals surface area (Å²) < 4.78 is 0. The van der Waals surface area contributed by atoms with E-state index in [1.807, 2.05) is 25.1 Å². The Bertz CT molecular complexity index is 421. The fourth-order valence-electron chi connectivity index (χ4n) is 2.88. The van der Waals surface area contributed by atoms with Crippen molar-refractivity contribution in [3.63, 3.8) is 0 Å². The lowest BCUT2D eigenvalue weighted by atomic mass is 9.95. The number of hydrogen-bond donors (Lipinski definition) is 2. The molecule has 1 aromatic rings. The van der Waals surface area contributed by atoms with Crippen molar-refractivity contribution in [2.24, 2.45) is 11.5 Å². The van der Waals surface area contributed by atoms with E-state index in [0.717, 1.165) is 31.5 Å². The fourth-order valence-corrected chi connectivity index (χ4v) is 2.88. The third-order valence-electron chi connectivity index (χ3n) is 3.72. The number of carbonyl (C=O) groups is 1. The molecule has 1 aromatic heterocycles. The highest BCUT2D eigenvalue weighted by Crippen LogP contribution is 2.29. The molecular weight excluding hydrogens is 240 g/mol. The monoisotopic (exact) mass is 262 g/mol. The van der Waals surface area contributed by atoms with Crippen LogP contribution < -0.4 is 11.5 Å². The number of rotatable bonds is 4. The minimum Gasteiger partial charge on any atom is -0.368 e. The van der Waals surface area contributed by atoms with E-state index in [2.05, 4.69) is 9.88 Å². The molecule has 2 rings (SSSR count). The second-order valence-electron chi connectivity index (χ2n) is 5.21. The molecule has 0 radical (unpaired) electrons. The van der Waals surface area contributed by atoms with Crippen molar-refractivity contribution < 1.29 is 4.79 Å². The maximum Gasteiger partial charge on any atom is 0.234 e. The zero-order valence-corrected chi connectivity index (χ0v) is 11.3. The first-order valence-corrected chi connectivity index (χ1v) is 6.83. The van der Waals surface area contributed by atoms with Crippen molar-refractivity contribution in [2.45, 2.75) is 44.3 Å². The summed E-state index contributed by atoms with van der Waals surface area (Å²) in [6.45, 7) is 2.79. The summed E-state index contributed by atoms with van der Waals surface area (Å²) in [5.74, 6) is -0.263. The van der Waals surface area contributed by atoms with Crippen molar-refractivity contribution >= 4 is 5.91 Å². The van der Waals surface area contributed by atoms with Crippen LogP contribution in [-0.2, 0) is 4.79 Å². The zero-order valence-electron chi connectivity index (χ0n) is 11.3. The standard InChI is InChI=1S/C14H22N4O/c1-10(15)13(11-6-2-4-8-17-11)18-9-5-3-7-12(18)14(16)19/h2,4,6,8,10,12-13H,3,5,7,9,15H2,1H3,(H2,16,19). The Labute approximate surface area is 114 Å². The minimum atomic E-state index is -0.263. The Morgan fingerprint density at radius 2 is 2.26 bits per heavy atom. The summed E-state index contributed by atoms with van der Waals surface area (Å²) in [4.78, 5) is 18.2. The van der Waals surface area contributed by atoms with E-state index in [4.69, 9.17) is 11.5 Å². The van der Waals surface area contributed by atoms with E-state index in [-0.39, 0.29) is 24.0 Å². The van der Waals surface area contributed by atoms with Crippen LogP contribution in [0.5, 0.6) is 0 Å². The summed E-state index contributed by atoms with van der Waals surface area (Å²) >= 11 is 0. The van der Waals surface area contributed by atoms with Crippen molar-refractivity contribution in [1.29, 1.82) is 0 Å². The molecule has 3 unspecified atom stereocenters. The van der Waals surface area contributed by atoms with Gasteiger partial charge in [-0.15, -0.1) is 0 Å². The van der Waals surface area contributed by atoms with Crippen LogP contribution in [0.3, 0.4) is 0 Å². The van der Waals surface area contributed by atoms with Gasteiger partial charge in [0.1, 0.15) is 0 Å². The summed E-state index contributed by atoms with van der Waals surface area (Å²) in [6.07, 6.45) is 4.68. The highest BCUT2D eigenvalue weighted by Gasteiger charge is 2.35. The van der Waals surface area contributed by atoms with Crippen molar-refractivity contribution in [1.82, 2.24) is 9.88 Å². The van der Waals surface area contributed by atoms with Crippen LogP contribution in [0.15, 0.2) is 24.4 Å². The lowest BCUT2D eigenvalue weighted by Crippen LogP contribution is -2.52. The molecule has 1 aliphatic heterocycles. The van der Waals surface area contributed by atoms with Crippen LogP contribution in [-0.4, -0.2) is 34.4 Å². The van der Waals surface area contributed by atoms with Gasteiger partial charge in [-0.25, -0.2) is 0 Å². The highest BCUT2D eigenvalue weighted by atomic mass is 16.1. The molecule has 0 spiro atoms. The van der Waals surface area contributed by atoms with Crippen LogP contribution in [0.25, 0.3) is 0 Å². The molecule has 1 amide bonds. The molecule has 4 N–H and O–H groups in total. The molecule has 1 aliphatic rings. The summed E-state index contributed by atoms with van der Waals surface area (Å²) in [6, 6.07) is 5.39. The van der Waals surface area contributed by atoms with E-state index in [1.54, 1.807) is 6.20 Å². The van der Waals surface area contributed by atoms with Crippen LogP contribution in [0, 0.1) is 0 Å². The maximum absolute atomic E-state index is 11.6. The average molecular weight is 262 g/mol. The number of pyridine rings is 1. The molecule has 0 aliphatic carbocycles. The van der Waals surface area contributed by atoms with Crippen molar-refractivity contribution in [3.8, 4) is 0 Å². The average Bonchev–Trinajstić information content (AvgIpc) is 2.40. The summed E-state index contributed by atoms with van der Waals surface area (Å²) in [5, 5.41) is 0. The predicted molar refractivity (Wildman–Crippen MR) is 74.2 cm³/mol. The van der Waals surface area contributed by atoms with Crippen LogP contribution in [0.2, 0.25) is 0 Å². The first-order valence-electron chi connectivity index (χ1n) is 6.83. The van der Waals surface area contributed by atoms with Crippen LogP contribution in [0.4, 0.5) is 0 Å². The number of hydrogen-bond acceptors (Lipinski definition) is 4. The quantitative estimate of drug-likeness (QED) is 0.841. The molecular formula is C14H22N4O. The first-order chi connectivity index (χ1) is 9.11. The maximum atomic E-state index is 11.6. The summed E-state index contributed by atoms with van der Waals surface area (Å²) in [7, 11) is 0. The van der Waals surface area contributed by atoms with E-state index in [9.17, 15) is 4.79 Å². The molecule has 19 heavy (non-hydrogen) atoms. The molecule has 1 saturated heterocycles. The van der Waals surface area contributed by atoms with Gasteiger partial charge in [-0.05, 0) is 38.4 Å². The second kappa shape index (κ2) is 6.12. The fraction of sp³-hybridized carbons (Fsp3) is 0.571. The number of aromatic nitrogens is 1. The highest BCUT2D eigenvalue weighted by molar-refractivity contribution is 5.80. The Hall–Kier alpha value is -1.46. The molecule has 0 bridgehead atoms. The molecule has 1 fully saturated rings. The van der Waals surface area contributed by atoms with E-state index in [1.165, 1.54) is 0 Å². The molecule has 5 nitrogen and oxygen atoms in total. The van der Waals surface area contributed by atoms with Gasteiger partial charge in [0.15, 0.2) is 0 Å². The molecule has 104 valence electrons. The van der Waals surface area contributed by atoms with Gasteiger partial charge in [0.05, 0.1) is 17.8 Å². The number of nitrogens with two attached hydrogens (primary N) is 2. The van der Waals surface area contributed by atoms with Gasteiger partial charge in [0.25, 0.3) is 0 Å². The Morgan fingerprint density at radius 3 is 2.84 bits per heavy atom. The SMILES string of the molecule is CC(N)C(c1ccccn1)N1CCCCC1C(N)=O. The smallest absolute Gasteiger partial charge is 0.234 e. The Kier molecular flexibility index (Phi) is 4.50. The number of carbonyl (C=O) groups excluding carboxylic acids is 1. The zero-order chi connectivity index (χ0) is 13.8. The van der Waals surface area contributed by atoms with Crippen LogP contribution in [0.1, 0.15) is 37.9 Å².